The van der Waals surface area contributed by atoms with Gasteiger partial charge in [-0.1, -0.05) is 15.9 Å². The molecule has 0 aliphatic rings. The van der Waals surface area contributed by atoms with Crippen molar-refractivity contribution in [1.82, 2.24) is 5.32 Å². The maximum Gasteiger partial charge on any atom is 0.339 e. The first-order valence-electron chi connectivity index (χ1n) is 4.91. The van der Waals surface area contributed by atoms with Crippen LogP contribution >= 0.6 is 15.9 Å². The molecule has 2 N–H and O–H groups in total. The summed E-state index contributed by atoms with van der Waals surface area (Å²) in [5.74, 6) is -0.922. The van der Waals surface area contributed by atoms with Crippen LogP contribution in [0.1, 0.15) is 17.3 Å². The molecule has 1 aromatic rings. The van der Waals surface area contributed by atoms with E-state index < -0.39 is 5.97 Å². The maximum absolute atomic E-state index is 10.9. The normalized spacial score (nSPS) is 9.76. The molecular weight excluding hydrogens is 290 g/mol. The largest absolute Gasteiger partial charge is 0.491 e. The van der Waals surface area contributed by atoms with Gasteiger partial charge in [-0.05, 0) is 18.2 Å². The van der Waals surface area contributed by atoms with Crippen molar-refractivity contribution in [3.05, 3.63) is 28.2 Å². The number of rotatable bonds is 5. The van der Waals surface area contributed by atoms with Crippen LogP contribution < -0.4 is 10.1 Å². The second-order valence-electron chi connectivity index (χ2n) is 3.28. The molecule has 0 saturated heterocycles. The zero-order valence-electron chi connectivity index (χ0n) is 9.20. The Morgan fingerprint density at radius 3 is 2.76 bits per heavy atom. The number of carbonyl (C=O) groups is 2. The van der Waals surface area contributed by atoms with Gasteiger partial charge in [0.05, 0.1) is 6.54 Å². The van der Waals surface area contributed by atoms with Crippen LogP contribution in [0.4, 0.5) is 0 Å². The van der Waals surface area contributed by atoms with E-state index in [-0.39, 0.29) is 23.8 Å². The van der Waals surface area contributed by atoms with Crippen LogP contribution in [0.2, 0.25) is 0 Å². The van der Waals surface area contributed by atoms with Crippen molar-refractivity contribution in [3.63, 3.8) is 0 Å². The molecule has 1 amide bonds. The first kappa shape index (κ1) is 13.5. The number of hydrogen-bond donors (Lipinski definition) is 2. The fourth-order valence-electron chi connectivity index (χ4n) is 1.18. The second kappa shape index (κ2) is 6.24. The third-order valence-corrected chi connectivity index (χ3v) is 2.40. The first-order chi connectivity index (χ1) is 8.00. The lowest BCUT2D eigenvalue weighted by molar-refractivity contribution is -0.119. The van der Waals surface area contributed by atoms with E-state index in [9.17, 15) is 9.59 Å². The summed E-state index contributed by atoms with van der Waals surface area (Å²) in [6.07, 6.45) is 0. The number of carbonyl (C=O) groups excluding carboxylic acids is 1. The minimum Gasteiger partial charge on any atom is -0.491 e. The van der Waals surface area contributed by atoms with E-state index in [0.717, 1.165) is 0 Å². The van der Waals surface area contributed by atoms with Crippen LogP contribution in [0, 0.1) is 0 Å². The van der Waals surface area contributed by atoms with Crippen molar-refractivity contribution < 1.29 is 19.4 Å². The first-order valence-corrected chi connectivity index (χ1v) is 5.70. The number of benzene rings is 1. The molecule has 0 fully saturated rings. The predicted octanol–water partition coefficient (Wildman–Crippen LogP) is 1.66. The molecule has 0 aliphatic carbocycles. The van der Waals surface area contributed by atoms with E-state index in [1.54, 1.807) is 12.1 Å². The number of carboxylic acid groups (broad SMARTS) is 1. The smallest absolute Gasteiger partial charge is 0.339 e. The topological polar surface area (TPSA) is 75.6 Å². The number of ether oxygens (including phenoxy) is 1. The zero-order valence-corrected chi connectivity index (χ0v) is 10.8. The number of halogens is 1. The summed E-state index contributed by atoms with van der Waals surface area (Å²) in [6, 6.07) is 4.73. The average molecular weight is 302 g/mol. The lowest BCUT2D eigenvalue weighted by Gasteiger charge is -2.09. The van der Waals surface area contributed by atoms with E-state index >= 15 is 0 Å². The van der Waals surface area contributed by atoms with Crippen molar-refractivity contribution >= 4 is 27.8 Å². The van der Waals surface area contributed by atoms with Crippen LogP contribution in [0.5, 0.6) is 5.75 Å². The summed E-state index contributed by atoms with van der Waals surface area (Å²) in [4.78, 5) is 21.6. The molecule has 6 heteroatoms. The minimum absolute atomic E-state index is 0.0854. The van der Waals surface area contributed by atoms with Crippen molar-refractivity contribution in [2.45, 2.75) is 6.92 Å². The fourth-order valence-corrected chi connectivity index (χ4v) is 1.54. The van der Waals surface area contributed by atoms with Gasteiger partial charge in [-0.3, -0.25) is 4.79 Å². The van der Waals surface area contributed by atoms with Gasteiger partial charge in [0.2, 0.25) is 5.91 Å². The number of hydrogen-bond acceptors (Lipinski definition) is 3. The molecule has 0 aliphatic heterocycles. The van der Waals surface area contributed by atoms with E-state index in [2.05, 4.69) is 21.2 Å². The van der Waals surface area contributed by atoms with Crippen LogP contribution in [-0.4, -0.2) is 30.1 Å². The van der Waals surface area contributed by atoms with Gasteiger partial charge >= 0.3 is 5.97 Å². The predicted molar refractivity (Wildman–Crippen MR) is 65.3 cm³/mol. The van der Waals surface area contributed by atoms with E-state index in [0.29, 0.717) is 11.0 Å². The Bertz CT molecular complexity index is 433. The average Bonchev–Trinajstić information content (AvgIpc) is 2.25. The molecule has 0 heterocycles. The molecule has 0 radical (unpaired) electrons. The summed E-state index contributed by atoms with van der Waals surface area (Å²) >= 11 is 3.19. The number of aromatic carboxylic acids is 1. The van der Waals surface area contributed by atoms with E-state index in [1.165, 1.54) is 13.0 Å². The lowest BCUT2D eigenvalue weighted by Crippen LogP contribution is -2.25. The summed E-state index contributed by atoms with van der Waals surface area (Å²) in [5, 5.41) is 11.5. The van der Waals surface area contributed by atoms with Gasteiger partial charge in [0.25, 0.3) is 0 Å². The Balaban J connectivity index is 2.64. The van der Waals surface area contributed by atoms with Crippen LogP contribution in [-0.2, 0) is 4.79 Å². The van der Waals surface area contributed by atoms with Gasteiger partial charge < -0.3 is 15.2 Å². The summed E-state index contributed by atoms with van der Waals surface area (Å²) in [5.41, 5.74) is 0.0854. The molecule has 0 atom stereocenters. The Morgan fingerprint density at radius 1 is 1.47 bits per heavy atom. The van der Waals surface area contributed by atoms with Crippen LogP contribution in [0.15, 0.2) is 22.7 Å². The third-order valence-electron chi connectivity index (χ3n) is 1.91. The summed E-state index contributed by atoms with van der Waals surface area (Å²) in [7, 11) is 0. The Morgan fingerprint density at radius 2 is 2.18 bits per heavy atom. The molecule has 5 nitrogen and oxygen atoms in total. The molecular formula is C11H12BrNO4. The Kier molecular flexibility index (Phi) is 4.96. The monoisotopic (exact) mass is 301 g/mol. The van der Waals surface area contributed by atoms with E-state index in [1.807, 2.05) is 0 Å². The third kappa shape index (κ3) is 4.44. The molecule has 0 saturated carbocycles. The molecule has 0 unspecified atom stereocenters. The summed E-state index contributed by atoms with van der Waals surface area (Å²) in [6.45, 7) is 1.97. The molecule has 0 spiro atoms. The van der Waals surface area contributed by atoms with Crippen LogP contribution in [0.3, 0.4) is 0 Å². The zero-order chi connectivity index (χ0) is 12.8. The molecule has 1 aromatic carbocycles. The number of amides is 1. The summed E-state index contributed by atoms with van der Waals surface area (Å²) < 4.78 is 5.96. The molecule has 17 heavy (non-hydrogen) atoms. The Labute approximate surface area is 107 Å². The van der Waals surface area contributed by atoms with Gasteiger partial charge in [-0.15, -0.1) is 0 Å². The highest BCUT2D eigenvalue weighted by Gasteiger charge is 2.11. The van der Waals surface area contributed by atoms with Crippen molar-refractivity contribution in [1.29, 1.82) is 0 Å². The van der Waals surface area contributed by atoms with Gasteiger partial charge in [0.15, 0.2) is 0 Å². The van der Waals surface area contributed by atoms with Gasteiger partial charge in [0.1, 0.15) is 17.9 Å². The van der Waals surface area contributed by atoms with Crippen LogP contribution in [0.25, 0.3) is 0 Å². The molecule has 92 valence electrons. The lowest BCUT2D eigenvalue weighted by atomic mass is 10.2. The maximum atomic E-state index is 10.9. The SMILES string of the molecule is CC(=O)NCCOc1ccc(Br)cc1C(=O)O. The molecule has 1 rings (SSSR count). The van der Waals surface area contributed by atoms with Gasteiger partial charge in [-0.25, -0.2) is 4.79 Å². The highest BCUT2D eigenvalue weighted by atomic mass is 79.9. The highest BCUT2D eigenvalue weighted by molar-refractivity contribution is 9.10. The van der Waals surface area contributed by atoms with Crippen molar-refractivity contribution in [2.24, 2.45) is 0 Å². The minimum atomic E-state index is -1.05. The second-order valence-corrected chi connectivity index (χ2v) is 4.19. The molecule has 0 aromatic heterocycles. The number of carboxylic acids is 1. The quantitative estimate of drug-likeness (QED) is 0.811. The van der Waals surface area contributed by atoms with Gasteiger partial charge in [-0.2, -0.15) is 0 Å². The standard InChI is InChI=1S/C11H12BrNO4/c1-7(14)13-4-5-17-10-3-2-8(12)6-9(10)11(15)16/h2-3,6H,4-5H2,1H3,(H,13,14)(H,15,16). The highest BCUT2D eigenvalue weighted by Crippen LogP contribution is 2.23. The van der Waals surface area contributed by atoms with Gasteiger partial charge in [0, 0.05) is 11.4 Å². The fraction of sp³-hybridized carbons (Fsp3) is 0.273. The molecule has 0 bridgehead atoms. The number of nitrogens with one attached hydrogen (secondary N) is 1. The van der Waals surface area contributed by atoms with E-state index in [4.69, 9.17) is 9.84 Å². The Hall–Kier alpha value is -1.56. The van der Waals surface area contributed by atoms with Crippen molar-refractivity contribution in [3.8, 4) is 5.75 Å². The van der Waals surface area contributed by atoms with Crippen molar-refractivity contribution in [2.75, 3.05) is 13.2 Å².